The molecular weight excluding hydrogens is 749 g/mol. The second-order valence-electron chi connectivity index (χ2n) is 20.2. The van der Waals surface area contributed by atoms with E-state index in [1.54, 1.807) is 0 Å². The van der Waals surface area contributed by atoms with Crippen LogP contribution in [0.4, 0.5) is 0 Å². The van der Waals surface area contributed by atoms with Gasteiger partial charge in [-0.25, -0.2) is 0 Å². The Morgan fingerprint density at radius 3 is 1.98 bits per heavy atom. The summed E-state index contributed by atoms with van der Waals surface area (Å²) in [6.07, 6.45) is 33.6. The van der Waals surface area contributed by atoms with Gasteiger partial charge in [0.05, 0.1) is 0 Å². The summed E-state index contributed by atoms with van der Waals surface area (Å²) in [6.45, 7) is 9.27. The van der Waals surface area contributed by atoms with E-state index in [4.69, 9.17) is 9.47 Å². The average Bonchev–Trinajstić information content (AvgIpc) is 3.55. The molecule has 8 nitrogen and oxygen atoms in total. The molecule has 6 unspecified atom stereocenters. The van der Waals surface area contributed by atoms with Crippen LogP contribution >= 0.6 is 0 Å². The highest BCUT2D eigenvalue weighted by atomic mass is 16.5. The van der Waals surface area contributed by atoms with E-state index < -0.39 is 0 Å². The van der Waals surface area contributed by atoms with E-state index >= 15 is 0 Å². The predicted octanol–water partition coefficient (Wildman–Crippen LogP) is 12.4. The maximum absolute atomic E-state index is 13.5. The zero-order chi connectivity index (χ0) is 43.2. The third-order valence-corrected chi connectivity index (χ3v) is 15.3. The summed E-state index contributed by atoms with van der Waals surface area (Å²) < 4.78 is 12.3. The number of rotatable bonds is 31. The van der Waals surface area contributed by atoms with Gasteiger partial charge in [0.25, 0.3) is 0 Å². The molecule has 0 spiro atoms. The topological polar surface area (TPSA) is 93.2 Å². The second kappa shape index (κ2) is 27.8. The highest BCUT2D eigenvalue weighted by Crippen LogP contribution is 2.62. The number of amides is 1. The molecule has 0 saturated heterocycles. The van der Waals surface area contributed by atoms with Crippen LogP contribution in [-0.4, -0.2) is 79.4 Å². The molecule has 0 aromatic rings. The number of unbranched alkanes of at least 4 members (excludes halogenated alkanes) is 13. The lowest BCUT2D eigenvalue weighted by Gasteiger charge is -2.53. The monoisotopic (exact) mass is 839 g/mol. The van der Waals surface area contributed by atoms with Crippen molar-refractivity contribution in [2.24, 2.45) is 29.1 Å². The van der Waals surface area contributed by atoms with Crippen molar-refractivity contribution in [3.63, 3.8) is 0 Å². The maximum Gasteiger partial charge on any atom is 0.306 e. The fourth-order valence-corrected chi connectivity index (χ4v) is 11.7. The Labute approximate surface area is 367 Å². The molecule has 0 aliphatic heterocycles. The number of allylic oxidation sites excluding steroid dienone is 1. The van der Waals surface area contributed by atoms with Crippen LogP contribution in [0.5, 0.6) is 0 Å². The van der Waals surface area contributed by atoms with Crippen molar-refractivity contribution in [2.45, 2.75) is 232 Å². The molecule has 4 aliphatic rings. The van der Waals surface area contributed by atoms with Crippen molar-refractivity contribution in [1.29, 1.82) is 0 Å². The van der Waals surface area contributed by atoms with Gasteiger partial charge >= 0.3 is 11.9 Å². The van der Waals surface area contributed by atoms with E-state index in [1.165, 1.54) is 82.6 Å². The van der Waals surface area contributed by atoms with Crippen molar-refractivity contribution in [3.05, 3.63) is 11.6 Å². The van der Waals surface area contributed by atoms with Crippen molar-refractivity contribution in [3.8, 4) is 0 Å². The molecule has 0 aromatic heterocycles. The normalized spacial score (nSPS) is 24.8. The van der Waals surface area contributed by atoms with E-state index in [-0.39, 0.29) is 35.5 Å². The van der Waals surface area contributed by atoms with E-state index in [0.29, 0.717) is 74.5 Å². The van der Waals surface area contributed by atoms with Gasteiger partial charge in [-0.1, -0.05) is 97.0 Å². The van der Waals surface area contributed by atoms with E-state index in [0.717, 1.165) is 96.6 Å². The standard InChI is InChI=1S/C52H90N2O6/c1-6-8-10-12-14-17-24-43(25-18-15-13-11-9-7-2)59-50(57)27-19-16-22-38-54(39-23-37-53(4)5)49(56)26-20-21-28-51(58)60-48-34-33-47-46-31-29-41-40-42(55)30-32-44(41)45(46)35-36-52(47,48)3/h40,43-48H,6-39H2,1-5H3. The molecule has 3 saturated carbocycles. The molecule has 0 aromatic carbocycles. The lowest BCUT2D eigenvalue weighted by Crippen LogP contribution is -2.48. The number of hydrogen-bond acceptors (Lipinski definition) is 7. The summed E-state index contributed by atoms with van der Waals surface area (Å²) >= 11 is 0. The van der Waals surface area contributed by atoms with Crippen LogP contribution in [0.25, 0.3) is 0 Å². The summed E-state index contributed by atoms with van der Waals surface area (Å²) in [6, 6.07) is 0. The highest BCUT2D eigenvalue weighted by molar-refractivity contribution is 5.91. The molecule has 8 heteroatoms. The fraction of sp³-hybridized carbons (Fsp3) is 0.885. The lowest BCUT2D eigenvalue weighted by atomic mass is 9.52. The van der Waals surface area contributed by atoms with Crippen LogP contribution in [-0.2, 0) is 28.7 Å². The molecule has 0 radical (unpaired) electrons. The first-order valence-electron chi connectivity index (χ1n) is 25.6. The molecule has 60 heavy (non-hydrogen) atoms. The fourth-order valence-electron chi connectivity index (χ4n) is 11.7. The molecule has 344 valence electrons. The summed E-state index contributed by atoms with van der Waals surface area (Å²) in [7, 11) is 4.13. The molecule has 4 rings (SSSR count). The Bertz CT molecular complexity index is 1300. The molecule has 0 heterocycles. The van der Waals surface area contributed by atoms with Gasteiger partial charge in [0, 0.05) is 44.2 Å². The van der Waals surface area contributed by atoms with Crippen LogP contribution in [0.1, 0.15) is 220 Å². The number of fused-ring (bicyclic) bond motifs is 5. The van der Waals surface area contributed by atoms with Crippen molar-refractivity contribution < 1.29 is 28.7 Å². The number of hydrogen-bond donors (Lipinski definition) is 0. The summed E-state index contributed by atoms with van der Waals surface area (Å²) in [4.78, 5) is 55.9. The van der Waals surface area contributed by atoms with E-state index in [2.05, 4.69) is 39.8 Å². The van der Waals surface area contributed by atoms with Crippen LogP contribution in [0.15, 0.2) is 11.6 Å². The third-order valence-electron chi connectivity index (χ3n) is 15.3. The molecule has 0 N–H and O–H groups in total. The Balaban J connectivity index is 1.13. The zero-order valence-corrected chi connectivity index (χ0v) is 39.4. The molecule has 6 atom stereocenters. The highest BCUT2D eigenvalue weighted by Gasteiger charge is 2.57. The molecular formula is C52H90N2O6. The first-order valence-corrected chi connectivity index (χ1v) is 25.6. The van der Waals surface area contributed by atoms with E-state index in [1.807, 2.05) is 11.0 Å². The number of carbonyl (C=O) groups is 4. The van der Waals surface area contributed by atoms with E-state index in [9.17, 15) is 19.2 Å². The summed E-state index contributed by atoms with van der Waals surface area (Å²) in [5, 5.41) is 0. The van der Waals surface area contributed by atoms with Crippen LogP contribution in [0, 0.1) is 29.1 Å². The zero-order valence-electron chi connectivity index (χ0n) is 39.4. The maximum atomic E-state index is 13.5. The number of nitrogens with zero attached hydrogens (tertiary/aromatic N) is 2. The number of ketones is 1. The third kappa shape index (κ3) is 16.8. The van der Waals surface area contributed by atoms with Gasteiger partial charge in [-0.3, -0.25) is 19.2 Å². The molecule has 3 fully saturated rings. The van der Waals surface area contributed by atoms with Gasteiger partial charge in [-0.05, 0) is 153 Å². The molecule has 1 amide bonds. The van der Waals surface area contributed by atoms with Gasteiger partial charge < -0.3 is 19.3 Å². The minimum absolute atomic E-state index is 0.00635. The minimum Gasteiger partial charge on any atom is -0.462 e. The molecule has 4 aliphatic carbocycles. The van der Waals surface area contributed by atoms with Gasteiger partial charge in [0.1, 0.15) is 12.2 Å². The Morgan fingerprint density at radius 2 is 1.28 bits per heavy atom. The van der Waals surface area contributed by atoms with Gasteiger partial charge in [0.15, 0.2) is 5.78 Å². The van der Waals surface area contributed by atoms with Gasteiger partial charge in [-0.15, -0.1) is 0 Å². The number of esters is 2. The number of carbonyl (C=O) groups excluding carboxylic acids is 4. The summed E-state index contributed by atoms with van der Waals surface area (Å²) in [5.74, 6) is 2.89. The molecule has 0 bridgehead atoms. The lowest BCUT2D eigenvalue weighted by molar-refractivity contribution is -0.159. The Hall–Kier alpha value is -2.22. The van der Waals surface area contributed by atoms with Gasteiger partial charge in [-0.2, -0.15) is 0 Å². The van der Waals surface area contributed by atoms with Gasteiger partial charge in [0.2, 0.25) is 5.91 Å². The smallest absolute Gasteiger partial charge is 0.306 e. The van der Waals surface area contributed by atoms with Crippen LogP contribution < -0.4 is 0 Å². The Morgan fingerprint density at radius 1 is 0.667 bits per heavy atom. The number of ether oxygens (including phenoxy) is 2. The minimum atomic E-state index is -0.103. The predicted molar refractivity (Wildman–Crippen MR) is 245 cm³/mol. The van der Waals surface area contributed by atoms with Crippen LogP contribution in [0.3, 0.4) is 0 Å². The quantitative estimate of drug-likeness (QED) is 0.0507. The first kappa shape index (κ1) is 50.4. The average molecular weight is 839 g/mol. The Kier molecular flexibility index (Phi) is 23.3. The second-order valence-corrected chi connectivity index (χ2v) is 20.2. The first-order chi connectivity index (χ1) is 29.0. The van der Waals surface area contributed by atoms with Crippen molar-refractivity contribution >= 4 is 23.6 Å². The summed E-state index contributed by atoms with van der Waals surface area (Å²) in [5.41, 5.74) is 1.47. The van der Waals surface area contributed by atoms with Crippen molar-refractivity contribution in [1.82, 2.24) is 9.80 Å². The van der Waals surface area contributed by atoms with Crippen molar-refractivity contribution in [2.75, 3.05) is 33.7 Å². The van der Waals surface area contributed by atoms with Crippen LogP contribution in [0.2, 0.25) is 0 Å². The SMILES string of the molecule is CCCCCCCCC(CCCCCCCC)OC(=O)CCCCCN(CCCN(C)C)C(=O)CCCCC(=O)OC1CCC2C3CCC4=CC(=O)CCC4C3CCC12C. The largest absolute Gasteiger partial charge is 0.462 e.